The number of fused-ring (bicyclic) bond motifs is 9. The second-order valence-corrected chi connectivity index (χ2v) is 16.3. The molecule has 0 saturated carbocycles. The highest BCUT2D eigenvalue weighted by Crippen LogP contribution is 2.49. The van der Waals surface area contributed by atoms with E-state index in [-0.39, 0.29) is 0 Å². The molecule has 0 aliphatic rings. The number of hydrogen-bond donors (Lipinski definition) is 0. The van der Waals surface area contributed by atoms with Crippen molar-refractivity contribution in [2.75, 3.05) is 4.90 Å². The fourth-order valence-corrected chi connectivity index (χ4v) is 10.2. The van der Waals surface area contributed by atoms with E-state index < -0.39 is 0 Å². The molecule has 2 heterocycles. The molecule has 0 N–H and O–H groups in total. The minimum atomic E-state index is 0.860. The molecule has 0 bridgehead atoms. The smallest absolute Gasteiger partial charge is 0.137 e. The first kappa shape index (κ1) is 33.7. The molecule has 12 aromatic rings. The lowest BCUT2D eigenvalue weighted by atomic mass is 9.87. The van der Waals surface area contributed by atoms with Crippen LogP contribution in [-0.2, 0) is 0 Å². The number of para-hydroxylation sites is 1. The van der Waals surface area contributed by atoms with E-state index in [0.29, 0.717) is 0 Å². The Kier molecular flexibility index (Phi) is 7.75. The van der Waals surface area contributed by atoms with Crippen LogP contribution < -0.4 is 4.90 Å². The van der Waals surface area contributed by atoms with E-state index in [4.69, 9.17) is 4.42 Å². The van der Waals surface area contributed by atoms with Crippen molar-refractivity contribution in [1.29, 1.82) is 0 Å². The summed E-state index contributed by atoms with van der Waals surface area (Å²) in [6.07, 6.45) is 0. The summed E-state index contributed by atoms with van der Waals surface area (Å²) >= 11 is 1.85. The van der Waals surface area contributed by atoms with Crippen LogP contribution in [0.15, 0.2) is 217 Å². The molecule has 3 heteroatoms. The van der Waals surface area contributed by atoms with Crippen LogP contribution in [-0.4, -0.2) is 0 Å². The Hall–Kier alpha value is -7.46. The van der Waals surface area contributed by atoms with E-state index in [1.165, 1.54) is 75.1 Å². The van der Waals surface area contributed by atoms with Crippen LogP contribution in [0.5, 0.6) is 0 Å². The van der Waals surface area contributed by atoms with Crippen LogP contribution in [0.1, 0.15) is 0 Å². The quantitative estimate of drug-likeness (QED) is 0.157. The molecule has 2 aromatic heterocycles. The zero-order chi connectivity index (χ0) is 38.9. The lowest BCUT2D eigenvalue weighted by Crippen LogP contribution is -2.11. The molecular formula is C56H35NOS. The summed E-state index contributed by atoms with van der Waals surface area (Å²) in [5.74, 6) is 0. The SMILES string of the molecule is c1ccc(-c2ccc(N(c3ccc4c(c3)oc3ccccc34)c3cccc(-c4cc5ccccc5c5ccccc45)c3-c3ccc4sc5ccccc5c4c3)cc2)cc1. The average Bonchev–Trinajstić information content (AvgIpc) is 3.87. The molecule has 2 nitrogen and oxygen atoms in total. The predicted octanol–water partition coefficient (Wildman–Crippen LogP) is 16.7. The fourth-order valence-electron chi connectivity index (χ4n) is 9.13. The maximum Gasteiger partial charge on any atom is 0.137 e. The highest BCUT2D eigenvalue weighted by molar-refractivity contribution is 7.25. The molecule has 59 heavy (non-hydrogen) atoms. The zero-order valence-electron chi connectivity index (χ0n) is 32.0. The van der Waals surface area contributed by atoms with Crippen LogP contribution in [0, 0.1) is 0 Å². The van der Waals surface area contributed by atoms with Crippen LogP contribution in [0.2, 0.25) is 0 Å². The summed E-state index contributed by atoms with van der Waals surface area (Å²) in [6.45, 7) is 0. The Morgan fingerprint density at radius 1 is 0.339 bits per heavy atom. The van der Waals surface area contributed by atoms with Gasteiger partial charge in [-0.05, 0) is 110 Å². The summed E-state index contributed by atoms with van der Waals surface area (Å²) in [5, 5.41) is 9.75. The van der Waals surface area contributed by atoms with Gasteiger partial charge in [0.1, 0.15) is 11.2 Å². The largest absolute Gasteiger partial charge is 0.456 e. The molecule has 0 spiro atoms. The Bertz CT molecular complexity index is 3560. The summed E-state index contributed by atoms with van der Waals surface area (Å²) in [6, 6.07) is 77.2. The first-order valence-corrected chi connectivity index (χ1v) is 20.9. The van der Waals surface area contributed by atoms with Gasteiger partial charge in [-0.15, -0.1) is 11.3 Å². The predicted molar refractivity (Wildman–Crippen MR) is 253 cm³/mol. The molecule has 276 valence electrons. The minimum Gasteiger partial charge on any atom is -0.456 e. The molecular weight excluding hydrogens is 735 g/mol. The molecule has 0 radical (unpaired) electrons. The number of furan rings is 1. The number of anilines is 3. The van der Waals surface area contributed by atoms with Crippen molar-refractivity contribution in [3.05, 3.63) is 212 Å². The topological polar surface area (TPSA) is 16.4 Å². The molecule has 0 amide bonds. The van der Waals surface area contributed by atoms with E-state index in [9.17, 15) is 0 Å². The van der Waals surface area contributed by atoms with Crippen LogP contribution in [0.4, 0.5) is 17.1 Å². The number of hydrogen-bond acceptors (Lipinski definition) is 3. The van der Waals surface area contributed by atoms with Crippen LogP contribution in [0.3, 0.4) is 0 Å². The van der Waals surface area contributed by atoms with E-state index in [2.05, 4.69) is 211 Å². The van der Waals surface area contributed by atoms with Crippen molar-refractivity contribution >= 4 is 92.1 Å². The van der Waals surface area contributed by atoms with Crippen molar-refractivity contribution < 1.29 is 4.42 Å². The second-order valence-electron chi connectivity index (χ2n) is 15.2. The van der Waals surface area contributed by atoms with E-state index in [1.807, 2.05) is 17.4 Å². The monoisotopic (exact) mass is 769 g/mol. The van der Waals surface area contributed by atoms with Gasteiger partial charge in [0.15, 0.2) is 0 Å². The van der Waals surface area contributed by atoms with Gasteiger partial charge in [-0.3, -0.25) is 0 Å². The average molecular weight is 770 g/mol. The fraction of sp³-hybridized carbons (Fsp3) is 0. The molecule has 12 rings (SSSR count). The zero-order valence-corrected chi connectivity index (χ0v) is 32.8. The number of benzene rings is 10. The molecule has 0 atom stereocenters. The maximum absolute atomic E-state index is 6.54. The summed E-state index contributed by atoms with van der Waals surface area (Å²) in [5.41, 5.74) is 12.0. The molecule has 10 aromatic carbocycles. The van der Waals surface area contributed by atoms with Gasteiger partial charge in [0, 0.05) is 53.9 Å². The van der Waals surface area contributed by atoms with Crippen LogP contribution in [0.25, 0.3) is 97.0 Å². The van der Waals surface area contributed by atoms with E-state index in [0.717, 1.165) is 39.0 Å². The van der Waals surface area contributed by atoms with Crippen LogP contribution >= 0.6 is 11.3 Å². The first-order valence-electron chi connectivity index (χ1n) is 20.1. The standard InChI is InChI=1S/C56H35NOS/c1-2-13-36(14-3-1)37-25-28-40(29-26-37)57(41-30-31-46-45-19-8-10-23-52(45)58-53(46)35-41)51-22-12-21-48(49-33-38-15-4-5-16-42(38)43-17-6-7-18-44(43)49)56(51)39-27-32-55-50(34-39)47-20-9-11-24-54(47)59-55/h1-35H. The van der Waals surface area contributed by atoms with Gasteiger partial charge in [0.2, 0.25) is 0 Å². The van der Waals surface area contributed by atoms with Gasteiger partial charge >= 0.3 is 0 Å². The third kappa shape index (κ3) is 5.55. The molecule has 0 unspecified atom stereocenters. The number of thiophene rings is 1. The highest BCUT2D eigenvalue weighted by atomic mass is 32.1. The molecule has 0 aliphatic carbocycles. The maximum atomic E-state index is 6.54. The van der Waals surface area contributed by atoms with Gasteiger partial charge < -0.3 is 9.32 Å². The molecule has 0 saturated heterocycles. The Morgan fingerprint density at radius 2 is 0.983 bits per heavy atom. The first-order chi connectivity index (χ1) is 29.2. The van der Waals surface area contributed by atoms with Crippen molar-refractivity contribution in [3.63, 3.8) is 0 Å². The van der Waals surface area contributed by atoms with Crippen molar-refractivity contribution in [1.82, 2.24) is 0 Å². The van der Waals surface area contributed by atoms with Gasteiger partial charge in [0.25, 0.3) is 0 Å². The molecule has 0 aliphatic heterocycles. The van der Waals surface area contributed by atoms with Crippen molar-refractivity contribution in [3.8, 4) is 33.4 Å². The summed E-state index contributed by atoms with van der Waals surface area (Å²) < 4.78 is 9.13. The Morgan fingerprint density at radius 3 is 1.85 bits per heavy atom. The lowest BCUT2D eigenvalue weighted by Gasteiger charge is -2.29. The summed E-state index contributed by atoms with van der Waals surface area (Å²) in [7, 11) is 0. The lowest BCUT2D eigenvalue weighted by molar-refractivity contribution is 0.669. The normalized spacial score (nSPS) is 11.7. The minimum absolute atomic E-state index is 0.860. The van der Waals surface area contributed by atoms with Gasteiger partial charge in [-0.1, -0.05) is 146 Å². The van der Waals surface area contributed by atoms with Crippen molar-refractivity contribution in [2.45, 2.75) is 0 Å². The van der Waals surface area contributed by atoms with Crippen molar-refractivity contribution in [2.24, 2.45) is 0 Å². The Labute approximate surface area is 345 Å². The number of nitrogens with zero attached hydrogens (tertiary/aromatic N) is 1. The Balaban J connectivity index is 1.17. The summed E-state index contributed by atoms with van der Waals surface area (Å²) in [4.78, 5) is 2.42. The highest BCUT2D eigenvalue weighted by Gasteiger charge is 2.24. The van der Waals surface area contributed by atoms with Gasteiger partial charge in [-0.2, -0.15) is 0 Å². The van der Waals surface area contributed by atoms with Gasteiger partial charge in [0.05, 0.1) is 5.69 Å². The second kappa shape index (κ2) is 13.6. The third-order valence-corrected chi connectivity index (χ3v) is 13.0. The molecule has 0 fully saturated rings. The van der Waals surface area contributed by atoms with E-state index in [1.54, 1.807) is 0 Å². The van der Waals surface area contributed by atoms with E-state index >= 15 is 0 Å². The number of rotatable bonds is 6. The third-order valence-electron chi connectivity index (χ3n) is 11.9. The van der Waals surface area contributed by atoms with Gasteiger partial charge in [-0.25, -0.2) is 0 Å².